The van der Waals surface area contributed by atoms with Crippen molar-refractivity contribution in [1.82, 2.24) is 29.8 Å². The number of Topliss-reactive ketones (excluding diaryl/α,β-unsaturated/α-hetero) is 1. The molecule has 30 heavy (non-hydrogen) atoms. The molecule has 0 aliphatic heterocycles. The summed E-state index contributed by atoms with van der Waals surface area (Å²) in [6.45, 7) is 0. The molecule has 2 amide bonds. The molecule has 4 rings (SSSR count). The predicted molar refractivity (Wildman–Crippen MR) is 107 cm³/mol. The smallest absolute Gasteiger partial charge is 0.287 e. The van der Waals surface area contributed by atoms with Gasteiger partial charge in [-0.1, -0.05) is 6.07 Å². The Morgan fingerprint density at radius 3 is 2.77 bits per heavy atom. The highest BCUT2D eigenvalue weighted by Crippen LogP contribution is 2.19. The highest BCUT2D eigenvalue weighted by Gasteiger charge is 2.28. The van der Waals surface area contributed by atoms with E-state index in [1.54, 1.807) is 49.1 Å². The number of hydrogen-bond acceptors (Lipinski definition) is 6. The molecule has 4 aromatic heterocycles. The summed E-state index contributed by atoms with van der Waals surface area (Å²) >= 11 is 0. The van der Waals surface area contributed by atoms with Gasteiger partial charge < -0.3 is 16.0 Å². The van der Waals surface area contributed by atoms with Gasteiger partial charge >= 0.3 is 0 Å². The average Bonchev–Trinajstić information content (AvgIpc) is 3.41. The molecule has 150 valence electrons. The van der Waals surface area contributed by atoms with Gasteiger partial charge in [0.05, 0.1) is 17.9 Å². The Morgan fingerprint density at radius 1 is 1.13 bits per heavy atom. The lowest BCUT2D eigenvalue weighted by atomic mass is 10.0. The molecule has 4 aromatic rings. The largest absolute Gasteiger partial charge is 0.363 e. The Morgan fingerprint density at radius 2 is 2.00 bits per heavy atom. The lowest BCUT2D eigenvalue weighted by Gasteiger charge is -2.16. The second kappa shape index (κ2) is 7.95. The Balaban J connectivity index is 1.62. The van der Waals surface area contributed by atoms with Gasteiger partial charge in [-0.05, 0) is 23.8 Å². The van der Waals surface area contributed by atoms with Crippen LogP contribution in [-0.4, -0.2) is 48.1 Å². The quantitative estimate of drug-likeness (QED) is 0.384. The van der Waals surface area contributed by atoms with Crippen LogP contribution in [0.2, 0.25) is 0 Å². The lowest BCUT2D eigenvalue weighted by molar-refractivity contribution is -0.137. The zero-order valence-electron chi connectivity index (χ0n) is 15.6. The first-order chi connectivity index (χ1) is 14.5. The van der Waals surface area contributed by atoms with Gasteiger partial charge in [0.2, 0.25) is 5.78 Å². The number of carbonyl (C=O) groups is 3. The molecule has 0 aliphatic rings. The van der Waals surface area contributed by atoms with Crippen molar-refractivity contribution in [3.63, 3.8) is 0 Å². The first-order valence-corrected chi connectivity index (χ1v) is 9.03. The van der Waals surface area contributed by atoms with Crippen molar-refractivity contribution in [3.05, 3.63) is 72.8 Å². The molecule has 0 aromatic carbocycles. The van der Waals surface area contributed by atoms with Crippen LogP contribution in [0, 0.1) is 0 Å². The maximum absolute atomic E-state index is 12.9. The third-order valence-corrected chi connectivity index (χ3v) is 4.62. The van der Waals surface area contributed by atoms with Crippen molar-refractivity contribution in [2.45, 2.75) is 12.5 Å². The molecule has 0 radical (unpaired) electrons. The fourth-order valence-electron chi connectivity index (χ4n) is 3.18. The summed E-state index contributed by atoms with van der Waals surface area (Å²) in [7, 11) is 0. The van der Waals surface area contributed by atoms with Gasteiger partial charge in [0.1, 0.15) is 23.9 Å². The molecule has 1 atom stereocenters. The minimum absolute atomic E-state index is 0.0786. The van der Waals surface area contributed by atoms with Crippen molar-refractivity contribution in [3.8, 4) is 5.82 Å². The van der Waals surface area contributed by atoms with E-state index in [0.717, 1.165) is 16.5 Å². The number of ketones is 1. The molecular weight excluding hydrogens is 386 g/mol. The molecular formula is C20H17N7O3. The minimum atomic E-state index is -1.14. The highest BCUT2D eigenvalue weighted by molar-refractivity contribution is 6.38. The van der Waals surface area contributed by atoms with Crippen molar-refractivity contribution in [2.24, 2.45) is 5.73 Å². The normalized spacial score (nSPS) is 11.9. The van der Waals surface area contributed by atoms with Crippen molar-refractivity contribution in [1.29, 1.82) is 0 Å². The summed E-state index contributed by atoms with van der Waals surface area (Å²) in [5.41, 5.74) is 6.89. The molecule has 0 bridgehead atoms. The third kappa shape index (κ3) is 3.65. The molecule has 4 N–H and O–H groups in total. The maximum Gasteiger partial charge on any atom is 0.287 e. The number of pyridine rings is 2. The van der Waals surface area contributed by atoms with Gasteiger partial charge in [-0.3, -0.25) is 23.9 Å². The Hall–Kier alpha value is -4.34. The summed E-state index contributed by atoms with van der Waals surface area (Å²) in [4.78, 5) is 52.2. The van der Waals surface area contributed by atoms with E-state index in [1.165, 1.54) is 17.1 Å². The van der Waals surface area contributed by atoms with E-state index in [1.807, 2.05) is 0 Å². The summed E-state index contributed by atoms with van der Waals surface area (Å²) in [5.74, 6) is -2.11. The zero-order chi connectivity index (χ0) is 21.1. The van der Waals surface area contributed by atoms with Gasteiger partial charge in [-0.15, -0.1) is 0 Å². The Bertz CT molecular complexity index is 1230. The standard InChI is InChI=1S/C20H17N7O3/c21-19(29)18(28)14(7-12-8-25-15-9-22-6-4-13(12)15)26-20(30)16-10-23-11-27(16)17-3-1-2-5-24-17/h1-6,8-11,14,25H,7H2,(H2,21,29)(H,26,30). The Kier molecular flexibility index (Phi) is 5.04. The maximum atomic E-state index is 12.9. The number of nitrogens with two attached hydrogens (primary N) is 1. The first-order valence-electron chi connectivity index (χ1n) is 9.03. The number of H-pyrrole nitrogens is 1. The molecule has 0 fully saturated rings. The second-order valence-corrected chi connectivity index (χ2v) is 6.53. The molecule has 10 heteroatoms. The number of nitrogens with one attached hydrogen (secondary N) is 2. The van der Waals surface area contributed by atoms with Crippen LogP contribution in [0.3, 0.4) is 0 Å². The average molecular weight is 403 g/mol. The van der Waals surface area contributed by atoms with E-state index < -0.39 is 23.6 Å². The van der Waals surface area contributed by atoms with Gasteiger partial charge in [0.15, 0.2) is 0 Å². The summed E-state index contributed by atoms with van der Waals surface area (Å²) in [6, 6.07) is 5.87. The van der Waals surface area contributed by atoms with Crippen LogP contribution in [0.4, 0.5) is 0 Å². The third-order valence-electron chi connectivity index (χ3n) is 4.62. The predicted octanol–water partition coefficient (Wildman–Crippen LogP) is 0.539. The molecule has 0 spiro atoms. The van der Waals surface area contributed by atoms with E-state index >= 15 is 0 Å². The van der Waals surface area contributed by atoms with Crippen LogP contribution in [0.1, 0.15) is 16.1 Å². The number of nitrogens with zero attached hydrogens (tertiary/aromatic N) is 4. The second-order valence-electron chi connectivity index (χ2n) is 6.53. The summed E-state index contributed by atoms with van der Waals surface area (Å²) < 4.78 is 1.48. The molecule has 0 saturated carbocycles. The van der Waals surface area contributed by atoms with Crippen LogP contribution in [-0.2, 0) is 16.0 Å². The number of carbonyl (C=O) groups excluding carboxylic acids is 3. The van der Waals surface area contributed by atoms with Crippen LogP contribution in [0.15, 0.2) is 61.6 Å². The minimum Gasteiger partial charge on any atom is -0.363 e. The fourth-order valence-corrected chi connectivity index (χ4v) is 3.18. The van der Waals surface area contributed by atoms with Gasteiger partial charge in [-0.2, -0.15) is 0 Å². The molecule has 10 nitrogen and oxygen atoms in total. The van der Waals surface area contributed by atoms with Gasteiger partial charge in [0.25, 0.3) is 11.8 Å². The fraction of sp³-hybridized carbons (Fsp3) is 0.100. The molecule has 0 aliphatic carbocycles. The van der Waals surface area contributed by atoms with Crippen LogP contribution in [0.5, 0.6) is 0 Å². The van der Waals surface area contributed by atoms with Gasteiger partial charge in [0, 0.05) is 30.4 Å². The number of hydrogen-bond donors (Lipinski definition) is 3. The number of aromatic amines is 1. The van der Waals surface area contributed by atoms with Crippen molar-refractivity contribution in [2.75, 3.05) is 0 Å². The summed E-state index contributed by atoms with van der Waals surface area (Å²) in [6.07, 6.45) is 9.43. The number of amides is 2. The van der Waals surface area contributed by atoms with Crippen LogP contribution < -0.4 is 11.1 Å². The van der Waals surface area contributed by atoms with Gasteiger partial charge in [-0.25, -0.2) is 9.97 Å². The molecule has 1 unspecified atom stereocenters. The van der Waals surface area contributed by atoms with Crippen LogP contribution in [0.25, 0.3) is 16.7 Å². The van der Waals surface area contributed by atoms with E-state index in [-0.39, 0.29) is 12.1 Å². The zero-order valence-corrected chi connectivity index (χ0v) is 15.6. The molecule has 0 saturated heterocycles. The van der Waals surface area contributed by atoms with E-state index in [0.29, 0.717) is 5.82 Å². The van der Waals surface area contributed by atoms with E-state index in [4.69, 9.17) is 5.73 Å². The topological polar surface area (TPSA) is 149 Å². The van der Waals surface area contributed by atoms with Crippen molar-refractivity contribution >= 4 is 28.5 Å². The van der Waals surface area contributed by atoms with E-state index in [9.17, 15) is 14.4 Å². The number of rotatable bonds is 7. The highest BCUT2D eigenvalue weighted by atomic mass is 16.2. The molecule has 4 heterocycles. The number of aromatic nitrogens is 5. The number of fused-ring (bicyclic) bond motifs is 1. The Labute approximate surface area is 170 Å². The lowest BCUT2D eigenvalue weighted by Crippen LogP contribution is -2.47. The first kappa shape index (κ1) is 19.0. The van der Waals surface area contributed by atoms with E-state index in [2.05, 4.69) is 25.3 Å². The number of primary amides is 1. The van der Waals surface area contributed by atoms with Crippen molar-refractivity contribution < 1.29 is 14.4 Å². The summed E-state index contributed by atoms with van der Waals surface area (Å²) in [5, 5.41) is 3.44. The van der Waals surface area contributed by atoms with Crippen LogP contribution >= 0.6 is 0 Å². The SMILES string of the molecule is NC(=O)C(=O)C(Cc1c[nH]c2cnccc12)NC(=O)c1cncn1-c1ccccn1. The monoisotopic (exact) mass is 403 g/mol. The number of imidazole rings is 1.